The Morgan fingerprint density at radius 1 is 1.57 bits per heavy atom. The summed E-state index contributed by atoms with van der Waals surface area (Å²) in [6, 6.07) is 5.44. The molecular formula is C14H18N4O5. The number of amides is 1. The van der Waals surface area contributed by atoms with Gasteiger partial charge in [0.05, 0.1) is 23.6 Å². The van der Waals surface area contributed by atoms with E-state index in [0.717, 1.165) is 0 Å². The molecule has 9 heteroatoms. The van der Waals surface area contributed by atoms with Gasteiger partial charge in [0.2, 0.25) is 0 Å². The largest absolute Gasteiger partial charge is 0.445 e. The molecule has 0 aliphatic carbocycles. The molecule has 1 aliphatic rings. The van der Waals surface area contributed by atoms with Crippen molar-refractivity contribution in [2.45, 2.75) is 25.2 Å². The van der Waals surface area contributed by atoms with Gasteiger partial charge in [0.1, 0.15) is 6.61 Å². The van der Waals surface area contributed by atoms with Crippen LogP contribution in [0.1, 0.15) is 12.0 Å². The summed E-state index contributed by atoms with van der Waals surface area (Å²) in [6.07, 6.45) is 0.768. The Labute approximate surface area is 132 Å². The Hall–Kier alpha value is -2.68. The Morgan fingerprint density at radius 2 is 2.26 bits per heavy atom. The van der Waals surface area contributed by atoms with Crippen LogP contribution >= 0.6 is 0 Å². The fraction of sp³-hybridized carbons (Fsp3) is 0.429. The van der Waals surface area contributed by atoms with Crippen LogP contribution in [0, 0.1) is 10.1 Å². The molecule has 0 unspecified atom stereocenters. The summed E-state index contributed by atoms with van der Waals surface area (Å²) in [6.45, 7) is 0.179. The molecule has 0 saturated carbocycles. The molecule has 2 N–H and O–H groups in total. The maximum Gasteiger partial charge on any atom is 0.410 e. The third kappa shape index (κ3) is 4.39. The molecule has 0 spiro atoms. The van der Waals surface area contributed by atoms with Gasteiger partial charge in [-0.1, -0.05) is 0 Å². The summed E-state index contributed by atoms with van der Waals surface area (Å²) in [4.78, 5) is 23.6. The van der Waals surface area contributed by atoms with Gasteiger partial charge in [-0.3, -0.25) is 15.0 Å². The zero-order chi connectivity index (χ0) is 16.8. The average molecular weight is 322 g/mol. The van der Waals surface area contributed by atoms with Gasteiger partial charge < -0.3 is 15.3 Å². The van der Waals surface area contributed by atoms with E-state index in [1.54, 1.807) is 13.3 Å². The molecule has 124 valence electrons. The van der Waals surface area contributed by atoms with Crippen molar-refractivity contribution in [2.75, 3.05) is 13.6 Å². The number of non-ortho nitro benzene ring substituents is 1. The van der Waals surface area contributed by atoms with Crippen molar-refractivity contribution in [1.82, 2.24) is 10.3 Å². The van der Waals surface area contributed by atoms with Crippen LogP contribution < -0.4 is 5.43 Å². The van der Waals surface area contributed by atoms with E-state index in [2.05, 4.69) is 10.5 Å². The number of aliphatic hydroxyl groups is 1. The zero-order valence-electron chi connectivity index (χ0n) is 12.6. The molecule has 0 radical (unpaired) electrons. The summed E-state index contributed by atoms with van der Waals surface area (Å²) >= 11 is 0. The molecule has 2 rings (SSSR count). The lowest BCUT2D eigenvalue weighted by molar-refractivity contribution is -0.384. The van der Waals surface area contributed by atoms with Crippen molar-refractivity contribution in [3.63, 3.8) is 0 Å². The highest BCUT2D eigenvalue weighted by Gasteiger charge is 2.34. The number of carbonyl (C=O) groups excluding carboxylic acids is 1. The number of ether oxygens (including phenoxy) is 1. The first kappa shape index (κ1) is 16.7. The van der Waals surface area contributed by atoms with Crippen molar-refractivity contribution in [3.05, 3.63) is 39.9 Å². The second-order valence-electron chi connectivity index (χ2n) is 5.09. The lowest BCUT2D eigenvalue weighted by Gasteiger charge is -2.20. The van der Waals surface area contributed by atoms with E-state index >= 15 is 0 Å². The third-order valence-electron chi connectivity index (χ3n) is 3.44. The minimum Gasteiger partial charge on any atom is -0.445 e. The molecule has 1 aromatic rings. The molecule has 1 heterocycles. The van der Waals surface area contributed by atoms with Gasteiger partial charge in [0.25, 0.3) is 5.69 Å². The third-order valence-corrected chi connectivity index (χ3v) is 3.44. The molecule has 1 fully saturated rings. The number of nitrogens with one attached hydrogen (secondary N) is 1. The highest BCUT2D eigenvalue weighted by Crippen LogP contribution is 2.19. The van der Waals surface area contributed by atoms with Crippen LogP contribution in [-0.2, 0) is 11.3 Å². The molecule has 2 atom stereocenters. The normalized spacial score (nSPS) is 20.7. The SMILES string of the molecule is CNN=C[C@@H]1C[C@@H](O)CN1C(=O)OCc1ccc([N+](=O)[O-])cc1. The number of β-amino-alcohol motifs (C(OH)–C–C–N with tert-alkyl or cyclic N) is 1. The number of aliphatic hydroxyl groups excluding tert-OH is 1. The van der Waals surface area contributed by atoms with Gasteiger partial charge in [0.15, 0.2) is 0 Å². The number of nitro benzene ring substituents is 1. The Bertz CT molecular complexity index is 589. The number of hydrogen-bond acceptors (Lipinski definition) is 7. The van der Waals surface area contributed by atoms with E-state index in [-0.39, 0.29) is 24.9 Å². The van der Waals surface area contributed by atoms with Crippen molar-refractivity contribution in [3.8, 4) is 0 Å². The standard InChI is InChI=1S/C14H18N4O5/c1-15-16-7-12-6-13(19)8-17(12)14(20)23-9-10-2-4-11(5-3-10)18(21)22/h2-5,7,12-13,15,19H,6,8-9H2,1H3/t12-,13+/m0/s1. The Balaban J connectivity index is 1.93. The molecule has 23 heavy (non-hydrogen) atoms. The summed E-state index contributed by atoms with van der Waals surface area (Å²) in [7, 11) is 1.64. The molecule has 9 nitrogen and oxygen atoms in total. The van der Waals surface area contributed by atoms with E-state index in [9.17, 15) is 20.0 Å². The van der Waals surface area contributed by atoms with E-state index in [4.69, 9.17) is 4.74 Å². The molecule has 1 saturated heterocycles. The summed E-state index contributed by atoms with van der Waals surface area (Å²) in [5, 5.41) is 24.1. The van der Waals surface area contributed by atoms with Crippen LogP contribution in [-0.4, -0.2) is 53.0 Å². The van der Waals surface area contributed by atoms with Crippen LogP contribution in [0.4, 0.5) is 10.5 Å². The topological polar surface area (TPSA) is 117 Å². The molecular weight excluding hydrogens is 304 g/mol. The number of hydrogen-bond donors (Lipinski definition) is 2. The number of likely N-dealkylation sites (tertiary alicyclic amines) is 1. The van der Waals surface area contributed by atoms with E-state index in [0.29, 0.717) is 12.0 Å². The predicted octanol–water partition coefficient (Wildman–Crippen LogP) is 0.872. The van der Waals surface area contributed by atoms with Crippen LogP contribution in [0.15, 0.2) is 29.4 Å². The first-order chi connectivity index (χ1) is 11.0. The van der Waals surface area contributed by atoms with Crippen molar-refractivity contribution >= 4 is 18.0 Å². The quantitative estimate of drug-likeness (QED) is 0.472. The van der Waals surface area contributed by atoms with Gasteiger partial charge in [0, 0.05) is 31.8 Å². The van der Waals surface area contributed by atoms with Crippen molar-refractivity contribution in [2.24, 2.45) is 5.10 Å². The number of nitrogens with zero attached hydrogens (tertiary/aromatic N) is 3. The number of benzene rings is 1. The van der Waals surface area contributed by atoms with Gasteiger partial charge >= 0.3 is 6.09 Å². The second kappa shape index (κ2) is 7.54. The number of rotatable bonds is 5. The number of carbonyl (C=O) groups is 1. The summed E-state index contributed by atoms with van der Waals surface area (Å²) in [5.41, 5.74) is 3.22. The molecule has 1 amide bonds. The van der Waals surface area contributed by atoms with E-state index in [1.165, 1.54) is 29.2 Å². The number of hydrazone groups is 1. The predicted molar refractivity (Wildman–Crippen MR) is 82.0 cm³/mol. The van der Waals surface area contributed by atoms with Crippen LogP contribution in [0.5, 0.6) is 0 Å². The fourth-order valence-electron chi connectivity index (χ4n) is 2.30. The molecule has 1 aliphatic heterocycles. The van der Waals surface area contributed by atoms with Crippen LogP contribution in [0.3, 0.4) is 0 Å². The highest BCUT2D eigenvalue weighted by atomic mass is 16.6. The minimum atomic E-state index is -0.616. The van der Waals surface area contributed by atoms with Gasteiger partial charge in [-0.15, -0.1) is 0 Å². The van der Waals surface area contributed by atoms with Gasteiger partial charge in [-0.05, 0) is 17.7 Å². The molecule has 0 bridgehead atoms. The summed E-state index contributed by atoms with van der Waals surface area (Å²) < 4.78 is 5.19. The van der Waals surface area contributed by atoms with Crippen LogP contribution in [0.2, 0.25) is 0 Å². The smallest absolute Gasteiger partial charge is 0.410 e. The van der Waals surface area contributed by atoms with Gasteiger partial charge in [-0.2, -0.15) is 5.10 Å². The van der Waals surface area contributed by atoms with Crippen molar-refractivity contribution in [1.29, 1.82) is 0 Å². The van der Waals surface area contributed by atoms with Crippen molar-refractivity contribution < 1.29 is 19.6 Å². The van der Waals surface area contributed by atoms with Crippen LogP contribution in [0.25, 0.3) is 0 Å². The first-order valence-corrected chi connectivity index (χ1v) is 7.06. The monoisotopic (exact) mass is 322 g/mol. The zero-order valence-corrected chi connectivity index (χ0v) is 12.6. The van der Waals surface area contributed by atoms with E-state index < -0.39 is 17.1 Å². The summed E-state index contributed by atoms with van der Waals surface area (Å²) in [5.74, 6) is 0. The lowest BCUT2D eigenvalue weighted by Crippen LogP contribution is -2.37. The highest BCUT2D eigenvalue weighted by molar-refractivity contribution is 5.76. The maximum absolute atomic E-state index is 12.1. The molecule has 1 aromatic carbocycles. The Morgan fingerprint density at radius 3 is 2.87 bits per heavy atom. The molecule has 0 aromatic heterocycles. The Kier molecular flexibility index (Phi) is 5.47. The second-order valence-corrected chi connectivity index (χ2v) is 5.09. The lowest BCUT2D eigenvalue weighted by atomic mass is 10.2. The van der Waals surface area contributed by atoms with Gasteiger partial charge in [-0.25, -0.2) is 4.79 Å². The first-order valence-electron chi connectivity index (χ1n) is 7.06. The maximum atomic E-state index is 12.1. The number of nitro groups is 1. The fourth-order valence-corrected chi connectivity index (χ4v) is 2.30. The minimum absolute atomic E-state index is 0.000681. The van der Waals surface area contributed by atoms with E-state index in [1.807, 2.05) is 0 Å². The average Bonchev–Trinajstić information content (AvgIpc) is 2.92.